The van der Waals surface area contributed by atoms with E-state index in [-0.39, 0.29) is 11.3 Å². The summed E-state index contributed by atoms with van der Waals surface area (Å²) in [5.41, 5.74) is 1.64. The number of hydrogen-bond donors (Lipinski definition) is 2. The molecule has 0 amide bonds. The molecule has 4 nitrogen and oxygen atoms in total. The first-order valence-corrected chi connectivity index (χ1v) is 6.43. The van der Waals surface area contributed by atoms with Crippen LogP contribution in [0.4, 0.5) is 10.1 Å². The highest BCUT2D eigenvalue weighted by Crippen LogP contribution is 2.28. The largest absolute Gasteiger partial charge is 0.456 e. The van der Waals surface area contributed by atoms with Crippen LogP contribution in [0.2, 0.25) is 0 Å². The average Bonchev–Trinajstić information content (AvgIpc) is 2.50. The second kappa shape index (κ2) is 6.53. The molecule has 0 aromatic heterocycles. The van der Waals surface area contributed by atoms with E-state index in [4.69, 9.17) is 15.4 Å². The molecular weight excluding hydrogens is 269 g/mol. The van der Waals surface area contributed by atoms with E-state index in [9.17, 15) is 4.39 Å². The van der Waals surface area contributed by atoms with Gasteiger partial charge in [0.25, 0.3) is 0 Å². The maximum absolute atomic E-state index is 13.1. The Morgan fingerprint density at radius 1 is 1.33 bits per heavy atom. The molecule has 0 aliphatic carbocycles. The lowest BCUT2D eigenvalue weighted by atomic mass is 10.1. The zero-order valence-electron chi connectivity index (χ0n) is 11.5. The van der Waals surface area contributed by atoms with Crippen LogP contribution in [0.15, 0.2) is 36.4 Å². The summed E-state index contributed by atoms with van der Waals surface area (Å²) in [5.74, 6) is 0.283. The quantitative estimate of drug-likeness (QED) is 0.817. The second-order valence-corrected chi connectivity index (χ2v) is 4.28. The number of nitrogens with zero attached hydrogens (tertiary/aromatic N) is 1. The Balaban J connectivity index is 2.32. The highest BCUT2D eigenvalue weighted by atomic mass is 19.1. The fourth-order valence-corrected chi connectivity index (χ4v) is 1.88. The monoisotopic (exact) mass is 283 g/mol. The first-order valence-electron chi connectivity index (χ1n) is 6.43. The summed E-state index contributed by atoms with van der Waals surface area (Å²) in [5, 5.41) is 19.6. The van der Waals surface area contributed by atoms with Crippen molar-refractivity contribution in [1.29, 1.82) is 10.7 Å². The van der Waals surface area contributed by atoms with Crippen LogP contribution in [-0.2, 0) is 0 Å². The summed E-state index contributed by atoms with van der Waals surface area (Å²) < 4.78 is 18.7. The Morgan fingerprint density at radius 3 is 2.81 bits per heavy atom. The van der Waals surface area contributed by atoms with Gasteiger partial charge in [0.15, 0.2) is 0 Å². The van der Waals surface area contributed by atoms with Gasteiger partial charge in [0.1, 0.15) is 23.4 Å². The lowest BCUT2D eigenvalue weighted by Crippen LogP contribution is -2.00. The van der Waals surface area contributed by atoms with Crippen LogP contribution in [0.25, 0.3) is 0 Å². The predicted molar refractivity (Wildman–Crippen MR) is 79.7 cm³/mol. The molecule has 21 heavy (non-hydrogen) atoms. The van der Waals surface area contributed by atoms with Gasteiger partial charge in [-0.15, -0.1) is 0 Å². The SMILES string of the molecule is CCNc1ccc(Oc2ccc(F)cc2C#N)cc1C=N. The van der Waals surface area contributed by atoms with Crippen LogP contribution in [0.3, 0.4) is 0 Å². The number of benzene rings is 2. The molecule has 106 valence electrons. The highest BCUT2D eigenvalue weighted by molar-refractivity contribution is 5.86. The molecule has 2 aromatic carbocycles. The maximum atomic E-state index is 13.1. The summed E-state index contributed by atoms with van der Waals surface area (Å²) in [6.45, 7) is 2.72. The minimum absolute atomic E-state index is 0.127. The Morgan fingerprint density at radius 2 is 2.14 bits per heavy atom. The van der Waals surface area contributed by atoms with E-state index in [1.54, 1.807) is 18.2 Å². The molecule has 0 aliphatic heterocycles. The van der Waals surface area contributed by atoms with Crippen molar-refractivity contribution >= 4 is 11.9 Å². The molecule has 0 saturated heterocycles. The number of anilines is 1. The fraction of sp³-hybridized carbons (Fsp3) is 0.125. The Bertz CT molecular complexity index is 707. The van der Waals surface area contributed by atoms with E-state index in [0.717, 1.165) is 18.3 Å². The van der Waals surface area contributed by atoms with Crippen LogP contribution < -0.4 is 10.1 Å². The molecule has 0 saturated carbocycles. The van der Waals surface area contributed by atoms with E-state index < -0.39 is 5.82 Å². The van der Waals surface area contributed by atoms with Crippen LogP contribution in [0, 0.1) is 22.6 Å². The lowest BCUT2D eigenvalue weighted by molar-refractivity contribution is 0.479. The van der Waals surface area contributed by atoms with E-state index in [0.29, 0.717) is 11.3 Å². The first kappa shape index (κ1) is 14.5. The Hall–Kier alpha value is -2.87. The third-order valence-corrected chi connectivity index (χ3v) is 2.84. The van der Waals surface area contributed by atoms with Crippen molar-refractivity contribution in [3.05, 3.63) is 53.3 Å². The average molecular weight is 283 g/mol. The van der Waals surface area contributed by atoms with Gasteiger partial charge < -0.3 is 15.5 Å². The van der Waals surface area contributed by atoms with Gasteiger partial charge in [-0.2, -0.15) is 5.26 Å². The molecule has 2 rings (SSSR count). The van der Waals surface area contributed by atoms with E-state index in [2.05, 4.69) is 5.32 Å². The predicted octanol–water partition coefficient (Wildman–Crippen LogP) is 3.92. The molecular formula is C16H14FN3O. The van der Waals surface area contributed by atoms with Gasteiger partial charge >= 0.3 is 0 Å². The summed E-state index contributed by atoms with van der Waals surface area (Å²) in [6, 6.07) is 10.9. The van der Waals surface area contributed by atoms with Gasteiger partial charge in [-0.05, 0) is 43.3 Å². The number of nitrogens with one attached hydrogen (secondary N) is 2. The number of ether oxygens (including phenoxy) is 1. The number of halogens is 1. The summed E-state index contributed by atoms with van der Waals surface area (Å²) in [6.07, 6.45) is 1.22. The normalized spacial score (nSPS) is 9.76. The number of hydrogen-bond acceptors (Lipinski definition) is 4. The van der Waals surface area contributed by atoms with Gasteiger partial charge in [-0.1, -0.05) is 0 Å². The zero-order valence-corrected chi connectivity index (χ0v) is 11.5. The van der Waals surface area contributed by atoms with Gasteiger partial charge in [0.05, 0.1) is 5.56 Å². The van der Waals surface area contributed by atoms with Gasteiger partial charge in [-0.3, -0.25) is 0 Å². The van der Waals surface area contributed by atoms with Crippen molar-refractivity contribution in [1.82, 2.24) is 0 Å². The van der Waals surface area contributed by atoms with E-state index in [1.165, 1.54) is 18.3 Å². The standard InChI is InChI=1S/C16H14FN3O/c1-2-20-15-5-4-14(8-11(15)9-18)21-16-6-3-13(17)7-12(16)10-19/h3-9,18,20H,2H2,1H3. The zero-order chi connectivity index (χ0) is 15.2. The van der Waals surface area contributed by atoms with Crippen molar-refractivity contribution in [2.24, 2.45) is 0 Å². The van der Waals surface area contributed by atoms with Crippen molar-refractivity contribution in [3.63, 3.8) is 0 Å². The number of nitriles is 1. The van der Waals surface area contributed by atoms with Crippen molar-refractivity contribution in [3.8, 4) is 17.6 Å². The topological polar surface area (TPSA) is 68.9 Å². The van der Waals surface area contributed by atoms with E-state index >= 15 is 0 Å². The molecule has 0 atom stereocenters. The van der Waals surface area contributed by atoms with Crippen LogP contribution >= 0.6 is 0 Å². The first-order chi connectivity index (χ1) is 10.2. The molecule has 0 spiro atoms. The van der Waals surface area contributed by atoms with E-state index in [1.807, 2.05) is 13.0 Å². The van der Waals surface area contributed by atoms with Gasteiger partial charge in [-0.25, -0.2) is 4.39 Å². The van der Waals surface area contributed by atoms with Crippen LogP contribution in [-0.4, -0.2) is 12.8 Å². The van der Waals surface area contributed by atoms with Crippen molar-refractivity contribution < 1.29 is 9.13 Å². The van der Waals surface area contributed by atoms with Crippen LogP contribution in [0.1, 0.15) is 18.1 Å². The molecule has 2 N–H and O–H groups in total. The smallest absolute Gasteiger partial charge is 0.145 e. The Kier molecular flexibility index (Phi) is 4.52. The lowest BCUT2D eigenvalue weighted by Gasteiger charge is -2.11. The minimum Gasteiger partial charge on any atom is -0.456 e. The highest BCUT2D eigenvalue weighted by Gasteiger charge is 2.08. The third-order valence-electron chi connectivity index (χ3n) is 2.84. The molecule has 0 heterocycles. The molecule has 5 heteroatoms. The number of rotatable bonds is 5. The molecule has 0 radical (unpaired) electrons. The summed E-state index contributed by atoms with van der Waals surface area (Å²) in [4.78, 5) is 0. The molecule has 0 aliphatic rings. The third kappa shape index (κ3) is 3.37. The van der Waals surface area contributed by atoms with Crippen LogP contribution in [0.5, 0.6) is 11.5 Å². The molecule has 2 aromatic rings. The molecule has 0 bridgehead atoms. The second-order valence-electron chi connectivity index (χ2n) is 4.28. The van der Waals surface area contributed by atoms with Crippen molar-refractivity contribution in [2.45, 2.75) is 6.92 Å². The van der Waals surface area contributed by atoms with Crippen molar-refractivity contribution in [2.75, 3.05) is 11.9 Å². The molecule has 0 unspecified atom stereocenters. The Labute approximate surface area is 122 Å². The van der Waals surface area contributed by atoms with Gasteiger partial charge in [0.2, 0.25) is 0 Å². The fourth-order valence-electron chi connectivity index (χ4n) is 1.88. The summed E-state index contributed by atoms with van der Waals surface area (Å²) >= 11 is 0. The summed E-state index contributed by atoms with van der Waals surface area (Å²) in [7, 11) is 0. The van der Waals surface area contributed by atoms with Gasteiger partial charge in [0, 0.05) is 24.0 Å². The molecule has 0 fully saturated rings. The minimum atomic E-state index is -0.485. The maximum Gasteiger partial charge on any atom is 0.145 e.